The van der Waals surface area contributed by atoms with Crippen LogP contribution in [0.25, 0.3) is 0 Å². The monoisotopic (exact) mass is 234 g/mol. The Bertz CT molecular complexity index is 101. The molecule has 0 heterocycles. The molecule has 2 atom stereocenters. The first-order valence-corrected chi connectivity index (χ1v) is 8.43. The third-order valence-corrected chi connectivity index (χ3v) is 5.34. The van der Waals surface area contributed by atoms with E-state index in [1.54, 1.807) is 0 Å². The molecule has 0 saturated carbocycles. The van der Waals surface area contributed by atoms with Gasteiger partial charge in [0.25, 0.3) is 0 Å². The molecule has 0 aliphatic rings. The lowest BCUT2D eigenvalue weighted by Gasteiger charge is -2.08. The normalized spacial score (nSPS) is 15.4. The molecule has 0 aromatic heterocycles. The fourth-order valence-corrected chi connectivity index (χ4v) is 3.54. The van der Waals surface area contributed by atoms with Crippen LogP contribution in [0.2, 0.25) is 0 Å². The molecule has 2 heteroatoms. The average Bonchev–Trinajstić information content (AvgIpc) is 2.22. The second kappa shape index (κ2) is 10.2. The van der Waals surface area contributed by atoms with Crippen LogP contribution in [0.5, 0.6) is 0 Å². The van der Waals surface area contributed by atoms with E-state index in [1.807, 2.05) is 0 Å². The molecule has 0 aliphatic carbocycles. The fraction of sp³-hybridized carbons (Fsp3) is 1.00. The highest BCUT2D eigenvalue weighted by molar-refractivity contribution is 8.76. The molecule has 0 aromatic rings. The zero-order chi connectivity index (χ0) is 10.8. The van der Waals surface area contributed by atoms with Gasteiger partial charge in [-0.15, -0.1) is 0 Å². The van der Waals surface area contributed by atoms with Gasteiger partial charge in [-0.2, -0.15) is 0 Å². The molecule has 14 heavy (non-hydrogen) atoms. The van der Waals surface area contributed by atoms with Crippen molar-refractivity contribution < 1.29 is 0 Å². The molecule has 0 nitrogen and oxygen atoms in total. The van der Waals surface area contributed by atoms with Gasteiger partial charge in [0.05, 0.1) is 0 Å². The van der Waals surface area contributed by atoms with Crippen molar-refractivity contribution in [2.45, 2.75) is 53.4 Å². The molecule has 0 amide bonds. The lowest BCUT2D eigenvalue weighted by atomic mass is 10.1. The minimum atomic E-state index is 0.915. The summed E-state index contributed by atoms with van der Waals surface area (Å²) in [7, 11) is 4.13. The largest absolute Gasteiger partial charge is 0.0941 e. The second-order valence-corrected chi connectivity index (χ2v) is 6.95. The Hall–Kier alpha value is 0.700. The van der Waals surface area contributed by atoms with Gasteiger partial charge < -0.3 is 0 Å². The van der Waals surface area contributed by atoms with Crippen LogP contribution in [0, 0.1) is 11.8 Å². The Morgan fingerprint density at radius 2 is 1.14 bits per heavy atom. The third-order valence-electron chi connectivity index (χ3n) is 2.87. The lowest BCUT2D eigenvalue weighted by Crippen LogP contribution is -1.94. The number of rotatable bonds is 9. The Labute approximate surface area is 98.4 Å². The Kier molecular flexibility index (Phi) is 10.7. The summed E-state index contributed by atoms with van der Waals surface area (Å²) >= 11 is 0. The van der Waals surface area contributed by atoms with E-state index in [-0.39, 0.29) is 0 Å². The van der Waals surface area contributed by atoms with Crippen molar-refractivity contribution in [2.24, 2.45) is 11.8 Å². The SMILES string of the molecule is CCC(C)CCSSCCC(C)CC. The van der Waals surface area contributed by atoms with E-state index in [2.05, 4.69) is 49.3 Å². The van der Waals surface area contributed by atoms with Crippen molar-refractivity contribution >= 4 is 21.6 Å². The summed E-state index contributed by atoms with van der Waals surface area (Å²) in [5.41, 5.74) is 0. The number of hydrogen-bond acceptors (Lipinski definition) is 2. The van der Waals surface area contributed by atoms with Gasteiger partial charge >= 0.3 is 0 Å². The standard InChI is InChI=1S/C12H26S2/c1-5-11(3)7-9-13-14-10-8-12(4)6-2/h11-12H,5-10H2,1-4H3. The molecule has 86 valence electrons. The maximum absolute atomic E-state index is 2.35. The van der Waals surface area contributed by atoms with Gasteiger partial charge in [-0.1, -0.05) is 62.1 Å². The highest BCUT2D eigenvalue weighted by Crippen LogP contribution is 2.26. The zero-order valence-electron chi connectivity index (χ0n) is 10.2. The topological polar surface area (TPSA) is 0 Å². The van der Waals surface area contributed by atoms with Gasteiger partial charge in [-0.05, 0) is 24.7 Å². The summed E-state index contributed by atoms with van der Waals surface area (Å²) in [5, 5.41) is 0. The van der Waals surface area contributed by atoms with E-state index in [0.29, 0.717) is 0 Å². The first-order chi connectivity index (χ1) is 6.70. The van der Waals surface area contributed by atoms with Crippen LogP contribution in [0.4, 0.5) is 0 Å². The molecule has 0 saturated heterocycles. The summed E-state index contributed by atoms with van der Waals surface area (Å²) < 4.78 is 0. The van der Waals surface area contributed by atoms with E-state index < -0.39 is 0 Å². The first kappa shape index (κ1) is 14.7. The number of hydrogen-bond donors (Lipinski definition) is 0. The molecule has 0 fully saturated rings. The average molecular weight is 234 g/mol. The van der Waals surface area contributed by atoms with Gasteiger partial charge in [-0.3, -0.25) is 0 Å². The molecule has 0 N–H and O–H groups in total. The van der Waals surface area contributed by atoms with Crippen LogP contribution in [0.3, 0.4) is 0 Å². The van der Waals surface area contributed by atoms with E-state index in [1.165, 1.54) is 37.2 Å². The highest BCUT2D eigenvalue weighted by atomic mass is 33.1. The van der Waals surface area contributed by atoms with E-state index in [4.69, 9.17) is 0 Å². The van der Waals surface area contributed by atoms with Gasteiger partial charge in [-0.25, -0.2) is 0 Å². The predicted octanol–water partition coefficient (Wildman–Crippen LogP) is 5.24. The van der Waals surface area contributed by atoms with Crippen LogP contribution in [0.1, 0.15) is 53.4 Å². The molecular weight excluding hydrogens is 208 g/mol. The van der Waals surface area contributed by atoms with Crippen molar-refractivity contribution in [3.05, 3.63) is 0 Å². The lowest BCUT2D eigenvalue weighted by molar-refractivity contribution is 0.548. The molecule has 0 rings (SSSR count). The van der Waals surface area contributed by atoms with Crippen molar-refractivity contribution in [2.75, 3.05) is 11.5 Å². The van der Waals surface area contributed by atoms with Crippen molar-refractivity contribution in [1.82, 2.24) is 0 Å². The Morgan fingerprint density at radius 3 is 1.43 bits per heavy atom. The molecule has 0 aliphatic heterocycles. The zero-order valence-corrected chi connectivity index (χ0v) is 11.8. The molecule has 0 radical (unpaired) electrons. The van der Waals surface area contributed by atoms with E-state index in [0.717, 1.165) is 11.8 Å². The van der Waals surface area contributed by atoms with Gasteiger partial charge in [0.15, 0.2) is 0 Å². The van der Waals surface area contributed by atoms with Crippen LogP contribution in [-0.4, -0.2) is 11.5 Å². The maximum Gasteiger partial charge on any atom is 0.00394 e. The third kappa shape index (κ3) is 9.26. The predicted molar refractivity (Wildman–Crippen MR) is 73.1 cm³/mol. The first-order valence-electron chi connectivity index (χ1n) is 5.95. The van der Waals surface area contributed by atoms with Gasteiger partial charge in [0.2, 0.25) is 0 Å². The molecular formula is C12H26S2. The maximum atomic E-state index is 2.35. The summed E-state index contributed by atoms with van der Waals surface area (Å²) in [4.78, 5) is 0. The van der Waals surface area contributed by atoms with Crippen molar-refractivity contribution in [3.63, 3.8) is 0 Å². The van der Waals surface area contributed by atoms with Crippen molar-refractivity contribution in [3.8, 4) is 0 Å². The Morgan fingerprint density at radius 1 is 0.786 bits per heavy atom. The molecule has 0 bridgehead atoms. The van der Waals surface area contributed by atoms with E-state index >= 15 is 0 Å². The van der Waals surface area contributed by atoms with Gasteiger partial charge in [0.1, 0.15) is 0 Å². The summed E-state index contributed by atoms with van der Waals surface area (Å²) in [6, 6.07) is 0. The summed E-state index contributed by atoms with van der Waals surface area (Å²) in [5.74, 6) is 4.50. The second-order valence-electron chi connectivity index (χ2n) is 4.25. The van der Waals surface area contributed by atoms with Crippen LogP contribution < -0.4 is 0 Å². The smallest absolute Gasteiger partial charge is 0.00394 e. The fourth-order valence-electron chi connectivity index (χ4n) is 1.02. The molecule has 0 aromatic carbocycles. The van der Waals surface area contributed by atoms with Crippen molar-refractivity contribution in [1.29, 1.82) is 0 Å². The summed E-state index contributed by atoms with van der Waals surface area (Å²) in [6.45, 7) is 9.27. The minimum Gasteiger partial charge on any atom is -0.0941 e. The molecule has 0 spiro atoms. The summed E-state index contributed by atoms with van der Waals surface area (Å²) in [6.07, 6.45) is 5.44. The molecule has 2 unspecified atom stereocenters. The van der Waals surface area contributed by atoms with Crippen LogP contribution in [0.15, 0.2) is 0 Å². The van der Waals surface area contributed by atoms with E-state index in [9.17, 15) is 0 Å². The minimum absolute atomic E-state index is 0.915. The Balaban J connectivity index is 3.06. The van der Waals surface area contributed by atoms with Crippen LogP contribution >= 0.6 is 21.6 Å². The van der Waals surface area contributed by atoms with Crippen LogP contribution in [-0.2, 0) is 0 Å². The quantitative estimate of drug-likeness (QED) is 0.395. The van der Waals surface area contributed by atoms with Gasteiger partial charge in [0, 0.05) is 11.5 Å². The highest BCUT2D eigenvalue weighted by Gasteiger charge is 2.00.